The number of rotatable bonds is 2. The average Bonchev–Trinajstić information content (AvgIpc) is 3.12. The van der Waals surface area contributed by atoms with Crippen LogP contribution >= 0.6 is 34.7 Å². The minimum Gasteiger partial charge on any atom is -0.273 e. The van der Waals surface area contributed by atoms with Crippen molar-refractivity contribution in [2.75, 3.05) is 10.7 Å². The van der Waals surface area contributed by atoms with E-state index in [9.17, 15) is 13.6 Å². The predicted molar refractivity (Wildman–Crippen MR) is 93.7 cm³/mol. The highest BCUT2D eigenvalue weighted by Crippen LogP contribution is 2.46. The summed E-state index contributed by atoms with van der Waals surface area (Å²) in [5, 5.41) is 0.142. The lowest BCUT2D eigenvalue weighted by Gasteiger charge is -2.22. The molecule has 2 aromatic carbocycles. The molecular weight excluding hydrogens is 374 g/mol. The van der Waals surface area contributed by atoms with Gasteiger partial charge >= 0.3 is 0 Å². The third kappa shape index (κ3) is 2.47. The van der Waals surface area contributed by atoms with Crippen molar-refractivity contribution in [3.8, 4) is 0 Å². The number of carbonyl (C=O) groups excluding carboxylic acids is 1. The van der Waals surface area contributed by atoms with Crippen LogP contribution in [0.2, 0.25) is 5.02 Å². The second-order valence-corrected chi connectivity index (χ2v) is 7.60. The van der Waals surface area contributed by atoms with Gasteiger partial charge < -0.3 is 0 Å². The summed E-state index contributed by atoms with van der Waals surface area (Å²) < 4.78 is 29.1. The molecule has 0 aliphatic carbocycles. The molecule has 1 amide bonds. The van der Waals surface area contributed by atoms with Crippen molar-refractivity contribution in [1.82, 2.24) is 4.98 Å². The Morgan fingerprint density at radius 1 is 1.17 bits per heavy atom. The molecule has 1 saturated heterocycles. The van der Waals surface area contributed by atoms with E-state index in [1.807, 2.05) is 0 Å². The van der Waals surface area contributed by atoms with Crippen molar-refractivity contribution in [3.05, 3.63) is 58.6 Å². The number of nitrogens with zero attached hydrogens (tertiary/aromatic N) is 2. The minimum atomic E-state index is -0.780. The first-order valence-electron chi connectivity index (χ1n) is 6.99. The molecule has 1 unspecified atom stereocenters. The van der Waals surface area contributed by atoms with E-state index >= 15 is 0 Å². The molecule has 3 aromatic rings. The fourth-order valence-electron chi connectivity index (χ4n) is 2.60. The first kappa shape index (κ1) is 15.8. The molecule has 0 radical (unpaired) electrons. The van der Waals surface area contributed by atoms with Crippen LogP contribution < -0.4 is 4.90 Å². The van der Waals surface area contributed by atoms with Crippen molar-refractivity contribution in [2.45, 2.75) is 5.37 Å². The average molecular weight is 383 g/mol. The van der Waals surface area contributed by atoms with Crippen LogP contribution in [0.25, 0.3) is 10.2 Å². The number of carbonyl (C=O) groups is 1. The molecule has 4 rings (SSSR count). The Morgan fingerprint density at radius 2 is 1.88 bits per heavy atom. The Kier molecular flexibility index (Phi) is 3.94. The van der Waals surface area contributed by atoms with Crippen molar-refractivity contribution < 1.29 is 13.6 Å². The SMILES string of the molecule is O=C1CSC(c2c(F)cccc2F)N1c1nc2cccc(Cl)c2s1. The fraction of sp³-hybridized carbons (Fsp3) is 0.125. The fourth-order valence-corrected chi connectivity index (χ4v) is 5.16. The molecule has 2 heterocycles. The van der Waals surface area contributed by atoms with Gasteiger partial charge in [0.15, 0.2) is 5.13 Å². The first-order chi connectivity index (χ1) is 11.6. The van der Waals surface area contributed by atoms with E-state index < -0.39 is 17.0 Å². The lowest BCUT2D eigenvalue weighted by Crippen LogP contribution is -2.28. The zero-order valence-electron chi connectivity index (χ0n) is 12.0. The second-order valence-electron chi connectivity index (χ2n) is 5.15. The Bertz CT molecular complexity index is 942. The van der Waals surface area contributed by atoms with Crippen LogP contribution in [0.4, 0.5) is 13.9 Å². The normalized spacial score (nSPS) is 17.9. The smallest absolute Gasteiger partial charge is 0.240 e. The summed E-state index contributed by atoms with van der Waals surface area (Å²) in [5.74, 6) is -1.44. The minimum absolute atomic E-state index is 0.126. The molecule has 0 saturated carbocycles. The standard InChI is InChI=1S/C16H9ClF2N2OS2/c17-8-3-1-6-11-14(8)24-16(20-11)21-12(22)7-23-15(21)13-9(18)4-2-5-10(13)19/h1-6,15H,7H2. The molecule has 0 N–H and O–H groups in total. The Balaban J connectivity index is 1.84. The van der Waals surface area contributed by atoms with E-state index in [-0.39, 0.29) is 17.2 Å². The number of halogens is 3. The topological polar surface area (TPSA) is 33.2 Å². The van der Waals surface area contributed by atoms with Gasteiger partial charge in [-0.1, -0.05) is 35.1 Å². The molecule has 3 nitrogen and oxygen atoms in total. The quantitative estimate of drug-likeness (QED) is 0.625. The number of anilines is 1. The van der Waals surface area contributed by atoms with Crippen LogP contribution in [0.15, 0.2) is 36.4 Å². The highest BCUT2D eigenvalue weighted by atomic mass is 35.5. The predicted octanol–water partition coefficient (Wildman–Crippen LogP) is 5.01. The van der Waals surface area contributed by atoms with Crippen LogP contribution in [-0.2, 0) is 4.79 Å². The van der Waals surface area contributed by atoms with Gasteiger partial charge in [0.05, 0.1) is 26.6 Å². The van der Waals surface area contributed by atoms with Crippen molar-refractivity contribution in [2.24, 2.45) is 0 Å². The molecule has 1 aliphatic heterocycles. The van der Waals surface area contributed by atoms with Crippen LogP contribution in [0.1, 0.15) is 10.9 Å². The molecular formula is C16H9ClF2N2OS2. The van der Waals surface area contributed by atoms with Crippen molar-refractivity contribution in [3.63, 3.8) is 0 Å². The molecule has 1 atom stereocenters. The highest BCUT2D eigenvalue weighted by molar-refractivity contribution is 8.00. The number of amides is 1. The summed E-state index contributed by atoms with van der Waals surface area (Å²) in [6.45, 7) is 0. The molecule has 1 aliphatic rings. The molecule has 0 spiro atoms. The van der Waals surface area contributed by atoms with Gasteiger partial charge in [0.1, 0.15) is 17.0 Å². The van der Waals surface area contributed by atoms with Crippen molar-refractivity contribution >= 4 is 56.0 Å². The number of benzene rings is 2. The zero-order chi connectivity index (χ0) is 16.8. The summed E-state index contributed by atoms with van der Waals surface area (Å²) in [5.41, 5.74) is 0.527. The van der Waals surface area contributed by atoms with E-state index in [0.29, 0.717) is 15.7 Å². The first-order valence-corrected chi connectivity index (χ1v) is 9.23. The Hall–Kier alpha value is -1.70. The van der Waals surface area contributed by atoms with E-state index in [2.05, 4.69) is 4.98 Å². The maximum absolute atomic E-state index is 14.2. The van der Waals surface area contributed by atoms with Crippen LogP contribution in [-0.4, -0.2) is 16.6 Å². The summed E-state index contributed by atoms with van der Waals surface area (Å²) in [6, 6.07) is 8.97. The molecule has 1 aromatic heterocycles. The Labute approximate surface area is 149 Å². The molecule has 1 fully saturated rings. The van der Waals surface area contributed by atoms with E-state index in [1.54, 1.807) is 18.2 Å². The van der Waals surface area contributed by atoms with E-state index in [1.165, 1.54) is 46.2 Å². The number of fused-ring (bicyclic) bond motifs is 1. The second kappa shape index (κ2) is 5.98. The Morgan fingerprint density at radius 3 is 2.58 bits per heavy atom. The molecule has 8 heteroatoms. The maximum Gasteiger partial charge on any atom is 0.240 e. The lowest BCUT2D eigenvalue weighted by atomic mass is 10.2. The number of thiazole rings is 1. The van der Waals surface area contributed by atoms with Gasteiger partial charge in [-0.15, -0.1) is 11.8 Å². The maximum atomic E-state index is 14.2. The van der Waals surface area contributed by atoms with E-state index in [4.69, 9.17) is 11.6 Å². The van der Waals surface area contributed by atoms with Gasteiger partial charge in [-0.05, 0) is 24.3 Å². The van der Waals surface area contributed by atoms with Gasteiger partial charge in [-0.3, -0.25) is 9.69 Å². The van der Waals surface area contributed by atoms with Crippen LogP contribution in [0, 0.1) is 11.6 Å². The number of hydrogen-bond donors (Lipinski definition) is 0. The summed E-state index contributed by atoms with van der Waals surface area (Å²) in [7, 11) is 0. The monoisotopic (exact) mass is 382 g/mol. The summed E-state index contributed by atoms with van der Waals surface area (Å²) in [6.07, 6.45) is 0. The third-order valence-corrected chi connectivity index (χ3v) is 6.38. The number of aromatic nitrogens is 1. The summed E-state index contributed by atoms with van der Waals surface area (Å²) >= 11 is 8.58. The lowest BCUT2D eigenvalue weighted by molar-refractivity contribution is -0.115. The van der Waals surface area contributed by atoms with Crippen LogP contribution in [0.5, 0.6) is 0 Å². The van der Waals surface area contributed by atoms with Gasteiger partial charge in [0.25, 0.3) is 0 Å². The van der Waals surface area contributed by atoms with E-state index in [0.717, 1.165) is 4.70 Å². The number of hydrogen-bond acceptors (Lipinski definition) is 4. The summed E-state index contributed by atoms with van der Waals surface area (Å²) in [4.78, 5) is 18.1. The largest absolute Gasteiger partial charge is 0.273 e. The number of thioether (sulfide) groups is 1. The van der Waals surface area contributed by atoms with Gasteiger partial charge in [0.2, 0.25) is 5.91 Å². The van der Waals surface area contributed by atoms with Gasteiger partial charge in [-0.25, -0.2) is 13.8 Å². The zero-order valence-corrected chi connectivity index (χ0v) is 14.4. The molecule has 0 bridgehead atoms. The third-order valence-electron chi connectivity index (χ3n) is 3.68. The highest BCUT2D eigenvalue weighted by Gasteiger charge is 2.39. The van der Waals surface area contributed by atoms with Gasteiger partial charge in [0, 0.05) is 0 Å². The van der Waals surface area contributed by atoms with Gasteiger partial charge in [-0.2, -0.15) is 0 Å². The molecule has 122 valence electrons. The van der Waals surface area contributed by atoms with Crippen molar-refractivity contribution in [1.29, 1.82) is 0 Å². The molecule has 24 heavy (non-hydrogen) atoms. The van der Waals surface area contributed by atoms with Crippen LogP contribution in [0.3, 0.4) is 0 Å².